The Morgan fingerprint density at radius 1 is 1.46 bits per heavy atom. The molecule has 1 aromatic carbocycles. The van der Waals surface area contributed by atoms with Gasteiger partial charge in [-0.3, -0.25) is 9.69 Å². The Labute approximate surface area is 138 Å². The van der Waals surface area contributed by atoms with E-state index >= 15 is 0 Å². The minimum atomic E-state index is -4.44. The molecule has 1 fully saturated rings. The lowest BCUT2D eigenvalue weighted by Gasteiger charge is -2.37. The van der Waals surface area contributed by atoms with Crippen LogP contribution in [0.3, 0.4) is 0 Å². The van der Waals surface area contributed by atoms with Crippen molar-refractivity contribution in [2.45, 2.75) is 31.7 Å². The molecule has 0 radical (unpaired) electrons. The van der Waals surface area contributed by atoms with Gasteiger partial charge in [0.25, 0.3) is 0 Å². The average Bonchev–Trinajstić information content (AvgIpc) is 2.53. The number of carbonyl (C=O) groups excluding carboxylic acids is 1. The molecule has 134 valence electrons. The molecule has 2 unspecified atom stereocenters. The van der Waals surface area contributed by atoms with Crippen LogP contribution in [0, 0.1) is 0 Å². The van der Waals surface area contributed by atoms with Gasteiger partial charge in [-0.2, -0.15) is 13.2 Å². The van der Waals surface area contributed by atoms with Crippen molar-refractivity contribution in [2.24, 2.45) is 0 Å². The summed E-state index contributed by atoms with van der Waals surface area (Å²) in [7, 11) is 0. The molecule has 1 amide bonds. The SMILES string of the molecule is CC1COC(CO)CN1CCC(=O)Nc1cccc(C(F)(F)F)c1. The molecule has 1 heterocycles. The number of alkyl halides is 3. The number of halogens is 3. The van der Waals surface area contributed by atoms with Crippen LogP contribution in [0.1, 0.15) is 18.9 Å². The lowest BCUT2D eigenvalue weighted by Crippen LogP contribution is -2.50. The first kappa shape index (κ1) is 18.7. The zero-order chi connectivity index (χ0) is 17.7. The Morgan fingerprint density at radius 2 is 2.21 bits per heavy atom. The van der Waals surface area contributed by atoms with Gasteiger partial charge in [0.05, 0.1) is 24.9 Å². The number of ether oxygens (including phenoxy) is 1. The van der Waals surface area contributed by atoms with Gasteiger partial charge in [0, 0.05) is 31.2 Å². The summed E-state index contributed by atoms with van der Waals surface area (Å²) >= 11 is 0. The van der Waals surface area contributed by atoms with E-state index < -0.39 is 11.7 Å². The number of benzene rings is 1. The number of morpholine rings is 1. The zero-order valence-electron chi connectivity index (χ0n) is 13.3. The Kier molecular flexibility index (Phi) is 6.20. The molecule has 0 saturated carbocycles. The monoisotopic (exact) mass is 346 g/mol. The summed E-state index contributed by atoms with van der Waals surface area (Å²) in [4.78, 5) is 14.0. The number of anilines is 1. The molecule has 0 bridgehead atoms. The lowest BCUT2D eigenvalue weighted by atomic mass is 10.1. The van der Waals surface area contributed by atoms with Gasteiger partial charge in [0.2, 0.25) is 5.91 Å². The highest BCUT2D eigenvalue weighted by Crippen LogP contribution is 2.30. The van der Waals surface area contributed by atoms with Crippen LogP contribution >= 0.6 is 0 Å². The Balaban J connectivity index is 1.87. The third kappa shape index (κ3) is 5.19. The van der Waals surface area contributed by atoms with E-state index in [1.54, 1.807) is 0 Å². The van der Waals surface area contributed by atoms with E-state index in [1.165, 1.54) is 12.1 Å². The summed E-state index contributed by atoms with van der Waals surface area (Å²) in [6.07, 6.45) is -4.56. The number of aliphatic hydroxyl groups is 1. The molecule has 0 spiro atoms. The first-order valence-corrected chi connectivity index (χ1v) is 7.73. The Morgan fingerprint density at radius 3 is 2.88 bits per heavy atom. The number of amides is 1. The van der Waals surface area contributed by atoms with Gasteiger partial charge >= 0.3 is 6.18 Å². The van der Waals surface area contributed by atoms with Gasteiger partial charge in [-0.15, -0.1) is 0 Å². The maximum Gasteiger partial charge on any atom is 0.416 e. The number of nitrogens with zero attached hydrogens (tertiary/aromatic N) is 1. The largest absolute Gasteiger partial charge is 0.416 e. The predicted octanol–water partition coefficient (Wildman–Crippen LogP) is 2.12. The first-order valence-electron chi connectivity index (χ1n) is 7.73. The fourth-order valence-electron chi connectivity index (χ4n) is 2.54. The molecule has 2 atom stereocenters. The number of hydrogen-bond acceptors (Lipinski definition) is 4. The van der Waals surface area contributed by atoms with E-state index in [0.717, 1.165) is 12.1 Å². The van der Waals surface area contributed by atoms with Crippen molar-refractivity contribution in [1.82, 2.24) is 4.90 Å². The molecule has 1 saturated heterocycles. The van der Waals surface area contributed by atoms with E-state index in [2.05, 4.69) is 5.32 Å². The maximum absolute atomic E-state index is 12.7. The van der Waals surface area contributed by atoms with Crippen molar-refractivity contribution in [3.63, 3.8) is 0 Å². The van der Waals surface area contributed by atoms with Crippen LogP contribution in [-0.2, 0) is 15.7 Å². The van der Waals surface area contributed by atoms with Crippen LogP contribution in [0.15, 0.2) is 24.3 Å². The predicted molar refractivity (Wildman–Crippen MR) is 82.6 cm³/mol. The zero-order valence-corrected chi connectivity index (χ0v) is 13.3. The fourth-order valence-corrected chi connectivity index (χ4v) is 2.54. The topological polar surface area (TPSA) is 61.8 Å². The summed E-state index contributed by atoms with van der Waals surface area (Å²) in [5, 5.41) is 11.6. The van der Waals surface area contributed by atoms with Crippen LogP contribution in [0.4, 0.5) is 18.9 Å². The highest BCUT2D eigenvalue weighted by atomic mass is 19.4. The van der Waals surface area contributed by atoms with Gasteiger partial charge in [-0.25, -0.2) is 0 Å². The molecule has 0 aliphatic carbocycles. The summed E-state index contributed by atoms with van der Waals surface area (Å²) in [6.45, 7) is 3.32. The van der Waals surface area contributed by atoms with Crippen molar-refractivity contribution >= 4 is 11.6 Å². The maximum atomic E-state index is 12.7. The second kappa shape index (κ2) is 7.96. The average molecular weight is 346 g/mol. The highest BCUT2D eigenvalue weighted by Gasteiger charge is 2.30. The lowest BCUT2D eigenvalue weighted by molar-refractivity contribution is -0.137. The van der Waals surface area contributed by atoms with Crippen LogP contribution in [0.5, 0.6) is 0 Å². The van der Waals surface area contributed by atoms with Crippen molar-refractivity contribution in [1.29, 1.82) is 0 Å². The Hall–Kier alpha value is -1.64. The van der Waals surface area contributed by atoms with E-state index in [-0.39, 0.29) is 36.8 Å². The first-order chi connectivity index (χ1) is 11.3. The molecule has 1 aliphatic heterocycles. The molecule has 1 aromatic rings. The normalized spacial score (nSPS) is 22.4. The number of rotatable bonds is 5. The van der Waals surface area contributed by atoms with E-state index in [9.17, 15) is 18.0 Å². The molecule has 24 heavy (non-hydrogen) atoms. The van der Waals surface area contributed by atoms with Gasteiger partial charge in [-0.1, -0.05) is 6.07 Å². The molecule has 0 aromatic heterocycles. The van der Waals surface area contributed by atoms with Crippen molar-refractivity contribution in [3.8, 4) is 0 Å². The third-order valence-electron chi connectivity index (χ3n) is 3.94. The van der Waals surface area contributed by atoms with Gasteiger partial charge < -0.3 is 15.2 Å². The molecule has 2 rings (SSSR count). The molecule has 8 heteroatoms. The quantitative estimate of drug-likeness (QED) is 0.857. The third-order valence-corrected chi connectivity index (χ3v) is 3.94. The standard InChI is InChI=1S/C16H21F3N2O3/c1-11-10-24-14(9-22)8-21(11)6-5-15(23)20-13-4-2-3-12(7-13)16(17,18)19/h2-4,7,11,14,22H,5-6,8-10H2,1H3,(H,20,23). The van der Waals surface area contributed by atoms with Gasteiger partial charge in [0.15, 0.2) is 0 Å². The van der Waals surface area contributed by atoms with Gasteiger partial charge in [0.1, 0.15) is 0 Å². The number of aliphatic hydroxyl groups excluding tert-OH is 1. The number of hydrogen-bond donors (Lipinski definition) is 2. The smallest absolute Gasteiger partial charge is 0.394 e. The summed E-state index contributed by atoms with van der Waals surface area (Å²) in [5.74, 6) is -0.353. The van der Waals surface area contributed by atoms with Crippen LogP contribution in [-0.4, -0.2) is 54.4 Å². The van der Waals surface area contributed by atoms with Crippen LogP contribution in [0.2, 0.25) is 0 Å². The van der Waals surface area contributed by atoms with Crippen LogP contribution < -0.4 is 5.32 Å². The van der Waals surface area contributed by atoms with Crippen molar-refractivity contribution in [3.05, 3.63) is 29.8 Å². The molecular formula is C16H21F3N2O3. The summed E-state index contributed by atoms with van der Waals surface area (Å²) in [6, 6.07) is 4.67. The number of carbonyl (C=O) groups is 1. The Bertz CT molecular complexity index is 566. The fraction of sp³-hybridized carbons (Fsp3) is 0.562. The summed E-state index contributed by atoms with van der Waals surface area (Å²) < 4.78 is 43.4. The van der Waals surface area contributed by atoms with Crippen molar-refractivity contribution in [2.75, 3.05) is 31.6 Å². The van der Waals surface area contributed by atoms with Crippen LogP contribution in [0.25, 0.3) is 0 Å². The van der Waals surface area contributed by atoms with Gasteiger partial charge in [-0.05, 0) is 25.1 Å². The van der Waals surface area contributed by atoms with E-state index in [0.29, 0.717) is 19.7 Å². The minimum absolute atomic E-state index is 0.0837. The van der Waals surface area contributed by atoms with E-state index in [1.807, 2.05) is 11.8 Å². The van der Waals surface area contributed by atoms with Crippen molar-refractivity contribution < 1.29 is 27.8 Å². The number of nitrogens with one attached hydrogen (secondary N) is 1. The molecule has 1 aliphatic rings. The van der Waals surface area contributed by atoms with E-state index in [4.69, 9.17) is 9.84 Å². The second-order valence-corrected chi connectivity index (χ2v) is 5.86. The second-order valence-electron chi connectivity index (χ2n) is 5.86. The molecular weight excluding hydrogens is 325 g/mol. The summed E-state index contributed by atoms with van der Waals surface area (Å²) in [5.41, 5.74) is -0.675. The highest BCUT2D eigenvalue weighted by molar-refractivity contribution is 5.90. The minimum Gasteiger partial charge on any atom is -0.394 e. The molecule has 5 nitrogen and oxygen atoms in total. The molecule has 2 N–H and O–H groups in total.